The number of amides is 1. The van der Waals surface area contributed by atoms with Crippen molar-refractivity contribution in [3.8, 4) is 5.75 Å². The van der Waals surface area contributed by atoms with E-state index in [-0.39, 0.29) is 23.0 Å². The zero-order valence-electron chi connectivity index (χ0n) is 14.5. The molecule has 4 rings (SSSR count). The zero-order valence-corrected chi connectivity index (χ0v) is 15.2. The van der Waals surface area contributed by atoms with Crippen molar-refractivity contribution in [3.63, 3.8) is 0 Å². The Morgan fingerprint density at radius 2 is 2.12 bits per heavy atom. The fourth-order valence-electron chi connectivity index (χ4n) is 5.66. The lowest BCUT2D eigenvalue weighted by Crippen LogP contribution is -2.42. The van der Waals surface area contributed by atoms with Gasteiger partial charge in [-0.05, 0) is 73.1 Å². The molecule has 0 heterocycles. The number of carbonyl (C=O) groups is 2. The number of benzene rings is 1. The van der Waals surface area contributed by atoms with Gasteiger partial charge in [-0.15, -0.1) is 11.6 Å². The minimum atomic E-state index is -0.318. The quantitative estimate of drug-likeness (QED) is 0.618. The Hall–Kier alpha value is -1.55. The van der Waals surface area contributed by atoms with E-state index >= 15 is 0 Å². The van der Waals surface area contributed by atoms with Crippen LogP contribution in [0.15, 0.2) is 12.1 Å². The highest BCUT2D eigenvalue weighted by Gasteiger charge is 2.54. The van der Waals surface area contributed by atoms with Crippen molar-refractivity contribution in [2.24, 2.45) is 17.3 Å². The maximum atomic E-state index is 12.4. The summed E-state index contributed by atoms with van der Waals surface area (Å²) in [5.41, 5.74) is 2.72. The number of alkyl halides is 1. The number of ketones is 1. The van der Waals surface area contributed by atoms with Gasteiger partial charge in [-0.2, -0.15) is 0 Å². The van der Waals surface area contributed by atoms with E-state index in [9.17, 15) is 14.7 Å². The number of hydrogen-bond donors (Lipinski definition) is 2. The maximum Gasteiger partial charge on any atom is 0.239 e. The van der Waals surface area contributed by atoms with Crippen molar-refractivity contribution in [2.75, 3.05) is 11.2 Å². The first kappa shape index (κ1) is 16.9. The number of aromatic hydroxyl groups is 1. The number of hydrogen-bond acceptors (Lipinski definition) is 3. The van der Waals surface area contributed by atoms with Gasteiger partial charge in [-0.1, -0.05) is 6.92 Å². The molecule has 3 aliphatic carbocycles. The number of carbonyl (C=O) groups excluding carboxylic acids is 2. The van der Waals surface area contributed by atoms with Crippen molar-refractivity contribution in [1.82, 2.24) is 0 Å². The summed E-state index contributed by atoms with van der Waals surface area (Å²) >= 11 is 5.57. The molecule has 0 radical (unpaired) electrons. The van der Waals surface area contributed by atoms with E-state index in [2.05, 4.69) is 12.2 Å². The van der Waals surface area contributed by atoms with Gasteiger partial charge >= 0.3 is 0 Å². The Labute approximate surface area is 152 Å². The van der Waals surface area contributed by atoms with Crippen LogP contribution in [0.25, 0.3) is 0 Å². The molecule has 1 aromatic rings. The molecule has 1 aromatic carbocycles. The Morgan fingerprint density at radius 1 is 1.32 bits per heavy atom. The number of phenols is 1. The summed E-state index contributed by atoms with van der Waals surface area (Å²) in [4.78, 5) is 24.0. The largest absolute Gasteiger partial charge is 0.506 e. The molecule has 1 amide bonds. The molecular weight excluding hydrogens is 338 g/mol. The average Bonchev–Trinajstić information content (AvgIpc) is 2.90. The van der Waals surface area contributed by atoms with Crippen LogP contribution in [-0.2, 0) is 16.0 Å². The number of aryl methyl sites for hydroxylation is 1. The van der Waals surface area contributed by atoms with Crippen molar-refractivity contribution < 1.29 is 14.7 Å². The molecule has 0 aromatic heterocycles. The van der Waals surface area contributed by atoms with Crippen LogP contribution in [0, 0.1) is 17.3 Å². The minimum absolute atomic E-state index is 0.104. The van der Waals surface area contributed by atoms with Gasteiger partial charge in [0.2, 0.25) is 5.91 Å². The van der Waals surface area contributed by atoms with Gasteiger partial charge < -0.3 is 10.4 Å². The first-order valence-electron chi connectivity index (χ1n) is 9.19. The third-order valence-electron chi connectivity index (χ3n) is 6.95. The number of anilines is 1. The van der Waals surface area contributed by atoms with E-state index in [1.54, 1.807) is 6.07 Å². The lowest BCUT2D eigenvalue weighted by Gasteiger charge is -2.48. The standard InChI is InChI=1S/C20H24ClNO3/c1-20-7-6-12-13(15(20)4-5-18(20)24)3-2-11-8-17(23)16(9-14(11)12)22-19(25)10-21/h8-9,12-13,15,23H,2-7,10H2,1H3,(H,22,25)/t12-,13+,15-,20-/m0/s1. The second kappa shape index (κ2) is 6.01. The molecule has 4 nitrogen and oxygen atoms in total. The molecule has 2 saturated carbocycles. The molecule has 0 saturated heterocycles. The van der Waals surface area contributed by atoms with Crippen LogP contribution in [0.3, 0.4) is 0 Å². The van der Waals surface area contributed by atoms with Crippen LogP contribution in [0.4, 0.5) is 5.69 Å². The first-order valence-corrected chi connectivity index (χ1v) is 9.72. The Kier molecular flexibility index (Phi) is 4.06. The summed E-state index contributed by atoms with van der Waals surface area (Å²) in [6, 6.07) is 3.73. The number of rotatable bonds is 2. The fraction of sp³-hybridized carbons (Fsp3) is 0.600. The molecule has 0 unspecified atom stereocenters. The van der Waals surface area contributed by atoms with E-state index in [0.29, 0.717) is 29.2 Å². The van der Waals surface area contributed by atoms with Crippen molar-refractivity contribution in [2.45, 2.75) is 51.4 Å². The van der Waals surface area contributed by atoms with Crippen LogP contribution < -0.4 is 5.32 Å². The number of halogens is 1. The van der Waals surface area contributed by atoms with Gasteiger partial charge in [-0.25, -0.2) is 0 Å². The summed E-state index contributed by atoms with van der Waals surface area (Å²) < 4.78 is 0. The molecular formula is C20H24ClNO3. The Balaban J connectivity index is 1.69. The van der Waals surface area contributed by atoms with Crippen LogP contribution in [0.2, 0.25) is 0 Å². The number of Topliss-reactive ketones (excluding diaryl/α,β-unsaturated/α-hetero) is 1. The third-order valence-corrected chi connectivity index (χ3v) is 7.19. The van der Waals surface area contributed by atoms with Crippen LogP contribution in [0.5, 0.6) is 5.75 Å². The van der Waals surface area contributed by atoms with E-state index in [4.69, 9.17) is 11.6 Å². The summed E-state index contributed by atoms with van der Waals surface area (Å²) in [6.07, 6.45) is 5.70. The van der Waals surface area contributed by atoms with E-state index in [1.807, 2.05) is 6.07 Å². The first-order chi connectivity index (χ1) is 11.9. The SMILES string of the molecule is C[C@]12CC[C@@H]3c4cc(NC(=O)CCl)c(O)cc4CC[C@H]3[C@@H]1CCC2=O. The molecule has 134 valence electrons. The average molecular weight is 362 g/mol. The fourth-order valence-corrected chi connectivity index (χ4v) is 5.73. The Bertz CT molecular complexity index is 747. The number of fused-ring (bicyclic) bond motifs is 5. The molecule has 0 aliphatic heterocycles. The number of nitrogens with one attached hydrogen (secondary N) is 1. The van der Waals surface area contributed by atoms with Crippen LogP contribution in [-0.4, -0.2) is 22.7 Å². The van der Waals surface area contributed by atoms with Crippen molar-refractivity contribution >= 4 is 29.0 Å². The second-order valence-electron chi connectivity index (χ2n) is 8.08. The lowest BCUT2D eigenvalue weighted by atomic mass is 9.55. The number of phenolic OH excluding ortho intramolecular Hbond substituents is 1. The summed E-state index contributed by atoms with van der Waals surface area (Å²) in [5, 5.41) is 12.9. The predicted molar refractivity (Wildman–Crippen MR) is 97.1 cm³/mol. The monoisotopic (exact) mass is 361 g/mol. The van der Waals surface area contributed by atoms with Crippen LogP contribution >= 0.6 is 11.6 Å². The van der Waals surface area contributed by atoms with E-state index < -0.39 is 0 Å². The molecule has 2 N–H and O–H groups in total. The molecule has 0 spiro atoms. The summed E-state index contributed by atoms with van der Waals surface area (Å²) in [6.45, 7) is 2.17. The lowest BCUT2D eigenvalue weighted by molar-refractivity contribution is -0.129. The zero-order chi connectivity index (χ0) is 17.8. The van der Waals surface area contributed by atoms with Crippen molar-refractivity contribution in [1.29, 1.82) is 0 Å². The van der Waals surface area contributed by atoms with Gasteiger partial charge in [0.05, 0.1) is 5.69 Å². The van der Waals surface area contributed by atoms with E-state index in [1.165, 1.54) is 11.1 Å². The molecule has 25 heavy (non-hydrogen) atoms. The summed E-state index contributed by atoms with van der Waals surface area (Å²) in [5.74, 6) is 1.52. The van der Waals surface area contributed by atoms with E-state index in [0.717, 1.165) is 38.5 Å². The maximum absolute atomic E-state index is 12.4. The van der Waals surface area contributed by atoms with Gasteiger partial charge in [0.25, 0.3) is 0 Å². The molecule has 0 bridgehead atoms. The third kappa shape index (κ3) is 2.57. The summed E-state index contributed by atoms with van der Waals surface area (Å²) in [7, 11) is 0. The van der Waals surface area contributed by atoms with Crippen LogP contribution in [0.1, 0.15) is 56.1 Å². The highest BCUT2D eigenvalue weighted by Crippen LogP contribution is 2.59. The molecule has 5 heteroatoms. The van der Waals surface area contributed by atoms with Gasteiger partial charge in [0.15, 0.2) is 0 Å². The van der Waals surface area contributed by atoms with Gasteiger partial charge in [0.1, 0.15) is 17.4 Å². The normalized spacial score (nSPS) is 33.4. The van der Waals surface area contributed by atoms with Crippen molar-refractivity contribution in [3.05, 3.63) is 23.3 Å². The topological polar surface area (TPSA) is 66.4 Å². The van der Waals surface area contributed by atoms with Gasteiger partial charge in [-0.3, -0.25) is 9.59 Å². The molecule has 2 fully saturated rings. The minimum Gasteiger partial charge on any atom is -0.506 e. The van der Waals surface area contributed by atoms with Gasteiger partial charge in [0, 0.05) is 11.8 Å². The Morgan fingerprint density at radius 3 is 2.88 bits per heavy atom. The highest BCUT2D eigenvalue weighted by molar-refractivity contribution is 6.29. The molecule has 4 atom stereocenters. The molecule has 3 aliphatic rings. The second-order valence-corrected chi connectivity index (χ2v) is 8.35. The highest BCUT2D eigenvalue weighted by atomic mass is 35.5. The predicted octanol–water partition coefficient (Wildman–Crippen LogP) is 3.99. The smallest absolute Gasteiger partial charge is 0.239 e.